The van der Waals surface area contributed by atoms with Gasteiger partial charge < -0.3 is 10.2 Å². The van der Waals surface area contributed by atoms with Crippen LogP contribution in [0.5, 0.6) is 0 Å². The minimum absolute atomic E-state index is 0.800. The average Bonchev–Trinajstić information content (AvgIpc) is 2.66. The first kappa shape index (κ1) is 10.4. The second-order valence-electron chi connectivity index (χ2n) is 4.36. The molecule has 0 aliphatic carbocycles. The van der Waals surface area contributed by atoms with E-state index in [0.29, 0.717) is 0 Å². The highest BCUT2D eigenvalue weighted by Crippen LogP contribution is 2.24. The first-order valence-corrected chi connectivity index (χ1v) is 5.64. The molecule has 1 atom stereocenters. The topological polar surface area (TPSA) is 28.2 Å². The van der Waals surface area contributed by atoms with Gasteiger partial charge in [0.2, 0.25) is 0 Å². The van der Waals surface area contributed by atoms with Gasteiger partial charge in [-0.15, -0.1) is 0 Å². The van der Waals surface area contributed by atoms with Crippen LogP contribution in [0.25, 0.3) is 0 Å². The van der Waals surface area contributed by atoms with Gasteiger partial charge in [0, 0.05) is 31.4 Å². The number of nitrogens with zero attached hydrogens (tertiary/aromatic N) is 2. The van der Waals surface area contributed by atoms with Gasteiger partial charge in [-0.2, -0.15) is 0 Å². The summed E-state index contributed by atoms with van der Waals surface area (Å²) in [7, 11) is 1.98. The smallest absolute Gasteiger partial charge is 0.133 e. The highest BCUT2D eigenvalue weighted by Gasteiger charge is 2.21. The lowest BCUT2D eigenvalue weighted by Gasteiger charge is -2.20. The fourth-order valence-electron chi connectivity index (χ4n) is 2.17. The first-order chi connectivity index (χ1) is 7.31. The van der Waals surface area contributed by atoms with E-state index in [2.05, 4.69) is 28.2 Å². The molecule has 0 saturated carbocycles. The Morgan fingerprint density at radius 1 is 1.60 bits per heavy atom. The molecule has 1 N–H and O–H groups in total. The van der Waals surface area contributed by atoms with Crippen LogP contribution in [0, 0.1) is 5.92 Å². The molecule has 2 heterocycles. The minimum Gasteiger partial charge on any atom is -0.356 e. The predicted octanol–water partition coefficient (Wildman–Crippen LogP) is 1.65. The largest absolute Gasteiger partial charge is 0.356 e. The van der Waals surface area contributed by atoms with E-state index in [9.17, 15) is 0 Å². The molecule has 3 heteroatoms. The van der Waals surface area contributed by atoms with Crippen molar-refractivity contribution in [1.29, 1.82) is 0 Å². The molecule has 0 bridgehead atoms. The fourth-order valence-corrected chi connectivity index (χ4v) is 2.17. The zero-order valence-corrected chi connectivity index (χ0v) is 9.53. The van der Waals surface area contributed by atoms with E-state index in [1.165, 1.54) is 12.0 Å². The molecule has 0 radical (unpaired) electrons. The molecule has 15 heavy (non-hydrogen) atoms. The second-order valence-corrected chi connectivity index (χ2v) is 4.36. The molecule has 1 aliphatic rings. The molecule has 1 aliphatic heterocycles. The van der Waals surface area contributed by atoms with Gasteiger partial charge in [0.1, 0.15) is 5.82 Å². The molecule has 1 fully saturated rings. The van der Waals surface area contributed by atoms with E-state index in [4.69, 9.17) is 0 Å². The predicted molar refractivity (Wildman–Crippen MR) is 63.0 cm³/mol. The SMILES string of the molecule is CNCc1cccnc1N1CCC(C)C1. The van der Waals surface area contributed by atoms with Crippen molar-refractivity contribution < 1.29 is 0 Å². The molecule has 0 spiro atoms. The minimum atomic E-state index is 0.800. The molecule has 3 nitrogen and oxygen atoms in total. The lowest BCUT2D eigenvalue weighted by molar-refractivity contribution is 0.658. The third kappa shape index (κ3) is 2.29. The first-order valence-electron chi connectivity index (χ1n) is 5.64. The van der Waals surface area contributed by atoms with Crippen molar-refractivity contribution in [2.24, 2.45) is 5.92 Å². The van der Waals surface area contributed by atoms with Crippen molar-refractivity contribution in [3.63, 3.8) is 0 Å². The molecule has 1 unspecified atom stereocenters. The summed E-state index contributed by atoms with van der Waals surface area (Å²) in [6.45, 7) is 5.50. The van der Waals surface area contributed by atoms with Crippen LogP contribution >= 0.6 is 0 Å². The average molecular weight is 205 g/mol. The number of pyridine rings is 1. The summed E-state index contributed by atoms with van der Waals surface area (Å²) < 4.78 is 0. The molecule has 1 aromatic rings. The van der Waals surface area contributed by atoms with Gasteiger partial charge in [0.25, 0.3) is 0 Å². The van der Waals surface area contributed by atoms with Crippen LogP contribution in [0.3, 0.4) is 0 Å². The normalized spacial score (nSPS) is 20.9. The van der Waals surface area contributed by atoms with Crippen LogP contribution in [0.15, 0.2) is 18.3 Å². The van der Waals surface area contributed by atoms with Crippen LogP contribution in [-0.2, 0) is 6.54 Å². The molecule has 1 aromatic heterocycles. The monoisotopic (exact) mass is 205 g/mol. The number of aromatic nitrogens is 1. The zero-order chi connectivity index (χ0) is 10.7. The molecule has 82 valence electrons. The third-order valence-corrected chi connectivity index (χ3v) is 2.96. The number of anilines is 1. The zero-order valence-electron chi connectivity index (χ0n) is 9.53. The van der Waals surface area contributed by atoms with E-state index >= 15 is 0 Å². The Labute approximate surface area is 91.5 Å². The molecular formula is C12H19N3. The summed E-state index contributed by atoms with van der Waals surface area (Å²) in [6.07, 6.45) is 3.17. The maximum absolute atomic E-state index is 4.50. The number of hydrogen-bond acceptors (Lipinski definition) is 3. The highest BCUT2D eigenvalue weighted by atomic mass is 15.2. The third-order valence-electron chi connectivity index (χ3n) is 2.96. The van der Waals surface area contributed by atoms with Crippen molar-refractivity contribution in [2.75, 3.05) is 25.0 Å². The molecule has 1 saturated heterocycles. The van der Waals surface area contributed by atoms with Gasteiger partial charge in [0.15, 0.2) is 0 Å². The van der Waals surface area contributed by atoms with Crippen LogP contribution in [0.1, 0.15) is 18.9 Å². The van der Waals surface area contributed by atoms with Gasteiger partial charge in [-0.3, -0.25) is 0 Å². The Bertz CT molecular complexity index is 324. The van der Waals surface area contributed by atoms with Gasteiger partial charge in [-0.05, 0) is 25.5 Å². The van der Waals surface area contributed by atoms with Crippen molar-refractivity contribution in [3.8, 4) is 0 Å². The maximum atomic E-state index is 4.50. The highest BCUT2D eigenvalue weighted by molar-refractivity contribution is 5.47. The Morgan fingerprint density at radius 2 is 2.47 bits per heavy atom. The molecule has 0 amide bonds. The van der Waals surface area contributed by atoms with E-state index in [-0.39, 0.29) is 0 Å². The Balaban J connectivity index is 2.19. The van der Waals surface area contributed by atoms with Gasteiger partial charge in [0.05, 0.1) is 0 Å². The summed E-state index contributed by atoms with van der Waals surface area (Å²) in [5.74, 6) is 1.96. The standard InChI is InChI=1S/C12H19N3/c1-10-5-7-15(9-10)12-11(8-13-2)4-3-6-14-12/h3-4,6,10,13H,5,7-9H2,1-2H3. The lowest BCUT2D eigenvalue weighted by Crippen LogP contribution is -2.23. The van der Waals surface area contributed by atoms with Crippen LogP contribution in [0.2, 0.25) is 0 Å². The fraction of sp³-hybridized carbons (Fsp3) is 0.583. The molecular weight excluding hydrogens is 186 g/mol. The van der Waals surface area contributed by atoms with Crippen molar-refractivity contribution in [2.45, 2.75) is 19.9 Å². The van der Waals surface area contributed by atoms with E-state index in [1.807, 2.05) is 19.3 Å². The van der Waals surface area contributed by atoms with Gasteiger partial charge >= 0.3 is 0 Å². The number of nitrogens with one attached hydrogen (secondary N) is 1. The Kier molecular flexibility index (Phi) is 3.21. The lowest BCUT2D eigenvalue weighted by atomic mass is 10.2. The van der Waals surface area contributed by atoms with Crippen LogP contribution < -0.4 is 10.2 Å². The van der Waals surface area contributed by atoms with E-state index < -0.39 is 0 Å². The van der Waals surface area contributed by atoms with E-state index in [0.717, 1.165) is 31.4 Å². The number of hydrogen-bond donors (Lipinski definition) is 1. The van der Waals surface area contributed by atoms with E-state index in [1.54, 1.807) is 0 Å². The van der Waals surface area contributed by atoms with Gasteiger partial charge in [-0.25, -0.2) is 4.98 Å². The second kappa shape index (κ2) is 4.62. The summed E-state index contributed by atoms with van der Waals surface area (Å²) in [5.41, 5.74) is 1.30. The molecule has 0 aromatic carbocycles. The number of rotatable bonds is 3. The maximum Gasteiger partial charge on any atom is 0.133 e. The Hall–Kier alpha value is -1.09. The van der Waals surface area contributed by atoms with Crippen LogP contribution in [0.4, 0.5) is 5.82 Å². The summed E-state index contributed by atoms with van der Waals surface area (Å²) in [4.78, 5) is 6.90. The summed E-state index contributed by atoms with van der Waals surface area (Å²) >= 11 is 0. The van der Waals surface area contributed by atoms with Crippen molar-refractivity contribution in [1.82, 2.24) is 10.3 Å². The van der Waals surface area contributed by atoms with Crippen molar-refractivity contribution >= 4 is 5.82 Å². The van der Waals surface area contributed by atoms with Crippen LogP contribution in [-0.4, -0.2) is 25.1 Å². The Morgan fingerprint density at radius 3 is 3.13 bits per heavy atom. The summed E-state index contributed by atoms with van der Waals surface area (Å²) in [6, 6.07) is 4.16. The van der Waals surface area contributed by atoms with Crippen molar-refractivity contribution in [3.05, 3.63) is 23.9 Å². The quantitative estimate of drug-likeness (QED) is 0.813. The molecule has 2 rings (SSSR count). The summed E-state index contributed by atoms with van der Waals surface area (Å²) in [5, 5.41) is 3.19. The van der Waals surface area contributed by atoms with Gasteiger partial charge in [-0.1, -0.05) is 13.0 Å².